The van der Waals surface area contributed by atoms with Crippen molar-refractivity contribution < 1.29 is 4.79 Å². The second-order valence-electron chi connectivity index (χ2n) is 5.93. The summed E-state index contributed by atoms with van der Waals surface area (Å²) in [5.41, 5.74) is 2.64. The van der Waals surface area contributed by atoms with Crippen LogP contribution in [0.2, 0.25) is 0 Å². The van der Waals surface area contributed by atoms with Gasteiger partial charge in [-0.3, -0.25) is 4.79 Å². The van der Waals surface area contributed by atoms with Crippen LogP contribution in [0.5, 0.6) is 0 Å². The first-order valence-corrected chi connectivity index (χ1v) is 7.23. The van der Waals surface area contributed by atoms with E-state index in [4.69, 9.17) is 0 Å². The third kappa shape index (κ3) is 2.52. The molecule has 1 saturated carbocycles. The van der Waals surface area contributed by atoms with Crippen LogP contribution in [0.4, 0.5) is 0 Å². The average Bonchev–Trinajstić information content (AvgIpc) is 3.29. The first kappa shape index (κ1) is 12.7. The predicted molar refractivity (Wildman–Crippen MR) is 75.7 cm³/mol. The molecule has 3 heteroatoms. The van der Waals surface area contributed by atoms with E-state index in [0.717, 1.165) is 18.9 Å². The monoisotopic (exact) mass is 258 g/mol. The molecule has 0 bridgehead atoms. The summed E-state index contributed by atoms with van der Waals surface area (Å²) in [5, 5.41) is 3.38. The summed E-state index contributed by atoms with van der Waals surface area (Å²) in [6, 6.07) is 8.72. The van der Waals surface area contributed by atoms with Crippen LogP contribution < -0.4 is 5.32 Å². The zero-order chi connectivity index (χ0) is 13.4. The molecule has 1 aliphatic heterocycles. The van der Waals surface area contributed by atoms with E-state index in [9.17, 15) is 4.79 Å². The number of amides is 1. The van der Waals surface area contributed by atoms with Crippen LogP contribution in [0.15, 0.2) is 24.3 Å². The highest BCUT2D eigenvalue weighted by atomic mass is 16.2. The van der Waals surface area contributed by atoms with E-state index in [1.54, 1.807) is 0 Å². The van der Waals surface area contributed by atoms with Gasteiger partial charge in [-0.1, -0.05) is 24.3 Å². The Morgan fingerprint density at radius 2 is 2.00 bits per heavy atom. The van der Waals surface area contributed by atoms with Gasteiger partial charge in [0.05, 0.1) is 6.04 Å². The zero-order valence-electron chi connectivity index (χ0n) is 11.7. The van der Waals surface area contributed by atoms with Crippen LogP contribution in [0.1, 0.15) is 30.9 Å². The largest absolute Gasteiger partial charge is 0.341 e. The number of likely N-dealkylation sites (N-methyl/N-ethyl adjacent to an activating group) is 1. The summed E-state index contributed by atoms with van der Waals surface area (Å²) in [6.45, 7) is 2.98. The number of hydrogen-bond acceptors (Lipinski definition) is 2. The summed E-state index contributed by atoms with van der Waals surface area (Å²) < 4.78 is 0. The fourth-order valence-electron chi connectivity index (χ4n) is 2.97. The van der Waals surface area contributed by atoms with Crippen molar-refractivity contribution in [1.82, 2.24) is 10.2 Å². The van der Waals surface area contributed by atoms with Gasteiger partial charge in [0.25, 0.3) is 0 Å². The number of carbonyl (C=O) groups excluding carboxylic acids is 1. The van der Waals surface area contributed by atoms with Crippen molar-refractivity contribution in [3.63, 3.8) is 0 Å². The zero-order valence-corrected chi connectivity index (χ0v) is 11.7. The van der Waals surface area contributed by atoms with Crippen molar-refractivity contribution in [2.24, 2.45) is 5.92 Å². The van der Waals surface area contributed by atoms with Crippen LogP contribution in [0.25, 0.3) is 0 Å². The lowest BCUT2D eigenvalue weighted by molar-refractivity contribution is -0.134. The van der Waals surface area contributed by atoms with Gasteiger partial charge in [0, 0.05) is 19.6 Å². The van der Waals surface area contributed by atoms with E-state index in [2.05, 4.69) is 36.5 Å². The number of fused-ring (bicyclic) bond motifs is 1. The fourth-order valence-corrected chi connectivity index (χ4v) is 2.97. The highest BCUT2D eigenvalue weighted by Gasteiger charge is 2.35. The van der Waals surface area contributed by atoms with Gasteiger partial charge in [-0.25, -0.2) is 0 Å². The molecule has 0 spiro atoms. The molecule has 2 unspecified atom stereocenters. The number of hydrogen-bond donors (Lipinski definition) is 1. The van der Waals surface area contributed by atoms with Gasteiger partial charge in [-0.05, 0) is 43.2 Å². The van der Waals surface area contributed by atoms with Gasteiger partial charge in [-0.2, -0.15) is 0 Å². The quantitative estimate of drug-likeness (QED) is 0.899. The SMILES string of the molecule is CC(C1CC1)N(C)C(=O)C1Cc2ccccc2CN1. The Kier molecular flexibility index (Phi) is 3.31. The summed E-state index contributed by atoms with van der Waals surface area (Å²) in [7, 11) is 1.95. The Bertz CT molecular complexity index is 481. The molecule has 3 nitrogen and oxygen atoms in total. The molecule has 0 radical (unpaired) electrons. The Hall–Kier alpha value is -1.35. The van der Waals surface area contributed by atoms with Gasteiger partial charge in [0.2, 0.25) is 5.91 Å². The molecule has 3 rings (SSSR count). The molecule has 0 saturated heterocycles. The van der Waals surface area contributed by atoms with E-state index < -0.39 is 0 Å². The van der Waals surface area contributed by atoms with Crippen LogP contribution in [-0.2, 0) is 17.8 Å². The Morgan fingerprint density at radius 1 is 1.32 bits per heavy atom. The van der Waals surface area contributed by atoms with E-state index in [-0.39, 0.29) is 11.9 Å². The lowest BCUT2D eigenvalue weighted by atomic mass is 9.95. The molecule has 1 fully saturated rings. The second kappa shape index (κ2) is 4.97. The highest BCUT2D eigenvalue weighted by Crippen LogP contribution is 2.35. The van der Waals surface area contributed by atoms with Gasteiger partial charge in [0.1, 0.15) is 0 Å². The highest BCUT2D eigenvalue weighted by molar-refractivity contribution is 5.82. The molecule has 2 atom stereocenters. The average molecular weight is 258 g/mol. The van der Waals surface area contributed by atoms with Crippen molar-refractivity contribution in [3.8, 4) is 0 Å². The molecule has 102 valence electrons. The van der Waals surface area contributed by atoms with Crippen LogP contribution >= 0.6 is 0 Å². The Morgan fingerprint density at radius 3 is 2.68 bits per heavy atom. The maximum atomic E-state index is 12.5. The lowest BCUT2D eigenvalue weighted by Crippen LogP contribution is -2.51. The van der Waals surface area contributed by atoms with Crippen molar-refractivity contribution in [1.29, 1.82) is 0 Å². The van der Waals surface area contributed by atoms with Gasteiger partial charge in [-0.15, -0.1) is 0 Å². The molecule has 1 aliphatic carbocycles. The first-order valence-electron chi connectivity index (χ1n) is 7.23. The van der Waals surface area contributed by atoms with Crippen molar-refractivity contribution in [2.45, 2.75) is 44.8 Å². The molecular weight excluding hydrogens is 236 g/mol. The van der Waals surface area contributed by atoms with Crippen molar-refractivity contribution in [3.05, 3.63) is 35.4 Å². The maximum absolute atomic E-state index is 12.5. The molecule has 2 aliphatic rings. The lowest BCUT2D eigenvalue weighted by Gasteiger charge is -2.32. The van der Waals surface area contributed by atoms with E-state index in [1.165, 1.54) is 24.0 Å². The minimum absolute atomic E-state index is 0.0545. The van der Waals surface area contributed by atoms with Crippen molar-refractivity contribution in [2.75, 3.05) is 7.05 Å². The van der Waals surface area contributed by atoms with E-state index in [0.29, 0.717) is 6.04 Å². The molecular formula is C16H22N2O. The predicted octanol–water partition coefficient (Wildman–Crippen LogP) is 1.96. The molecule has 0 aromatic heterocycles. The first-order chi connectivity index (χ1) is 9.16. The Labute approximate surface area is 115 Å². The summed E-state index contributed by atoms with van der Waals surface area (Å²) in [6.07, 6.45) is 3.37. The van der Waals surface area contributed by atoms with Gasteiger partial charge in [0.15, 0.2) is 0 Å². The summed E-state index contributed by atoms with van der Waals surface area (Å²) >= 11 is 0. The van der Waals surface area contributed by atoms with Crippen molar-refractivity contribution >= 4 is 5.91 Å². The number of nitrogens with one attached hydrogen (secondary N) is 1. The maximum Gasteiger partial charge on any atom is 0.240 e. The molecule has 1 heterocycles. The van der Waals surface area contributed by atoms with Crippen LogP contribution in [0.3, 0.4) is 0 Å². The molecule has 1 aromatic carbocycles. The van der Waals surface area contributed by atoms with Crippen LogP contribution in [-0.4, -0.2) is 29.9 Å². The standard InChI is InChI=1S/C16H22N2O/c1-11(12-7-8-12)18(2)16(19)15-9-13-5-3-4-6-14(13)10-17-15/h3-6,11-12,15,17H,7-10H2,1-2H3. The van der Waals surface area contributed by atoms with Gasteiger partial charge < -0.3 is 10.2 Å². The second-order valence-corrected chi connectivity index (χ2v) is 5.93. The molecule has 19 heavy (non-hydrogen) atoms. The third-order valence-corrected chi connectivity index (χ3v) is 4.64. The van der Waals surface area contributed by atoms with E-state index >= 15 is 0 Å². The summed E-state index contributed by atoms with van der Waals surface area (Å²) in [5.74, 6) is 0.971. The normalized spacial score (nSPS) is 23.6. The summed E-state index contributed by atoms with van der Waals surface area (Å²) in [4.78, 5) is 14.5. The molecule has 1 aromatic rings. The smallest absolute Gasteiger partial charge is 0.240 e. The number of carbonyl (C=O) groups is 1. The van der Waals surface area contributed by atoms with E-state index in [1.807, 2.05) is 11.9 Å². The topological polar surface area (TPSA) is 32.3 Å². The Balaban J connectivity index is 1.68. The van der Waals surface area contributed by atoms with Crippen LogP contribution in [0, 0.1) is 5.92 Å². The minimum atomic E-state index is -0.0545. The fraction of sp³-hybridized carbons (Fsp3) is 0.562. The molecule has 1 amide bonds. The number of rotatable bonds is 3. The number of benzene rings is 1. The third-order valence-electron chi connectivity index (χ3n) is 4.64. The minimum Gasteiger partial charge on any atom is -0.341 e. The number of nitrogens with zero attached hydrogens (tertiary/aromatic N) is 1. The van der Waals surface area contributed by atoms with Gasteiger partial charge >= 0.3 is 0 Å². The molecule has 1 N–H and O–H groups in total.